The van der Waals surface area contributed by atoms with Crippen molar-refractivity contribution in [3.05, 3.63) is 10.1 Å². The second-order valence-electron chi connectivity index (χ2n) is 4.63. The number of ketones is 1. The Morgan fingerprint density at radius 3 is 2.65 bits per heavy atom. The van der Waals surface area contributed by atoms with Crippen LogP contribution in [0.4, 0.5) is 0 Å². The largest absolute Gasteiger partial charge is 0.350 e. The highest BCUT2D eigenvalue weighted by Crippen LogP contribution is 2.33. The molecule has 6 nitrogen and oxygen atoms in total. The van der Waals surface area contributed by atoms with Crippen molar-refractivity contribution in [2.24, 2.45) is 0 Å². The van der Waals surface area contributed by atoms with Crippen LogP contribution in [0.15, 0.2) is 0 Å². The summed E-state index contributed by atoms with van der Waals surface area (Å²) >= 11 is 0. The molecule has 1 aliphatic carbocycles. The van der Waals surface area contributed by atoms with Crippen molar-refractivity contribution in [2.75, 3.05) is 13.2 Å². The second-order valence-corrected chi connectivity index (χ2v) is 4.63. The van der Waals surface area contributed by atoms with Crippen molar-refractivity contribution in [1.29, 1.82) is 0 Å². The summed E-state index contributed by atoms with van der Waals surface area (Å²) in [5.41, 5.74) is -1.38. The van der Waals surface area contributed by atoms with E-state index >= 15 is 0 Å². The van der Waals surface area contributed by atoms with Crippen LogP contribution in [0.1, 0.15) is 38.5 Å². The van der Waals surface area contributed by atoms with Gasteiger partial charge in [0, 0.05) is 30.6 Å². The molecule has 0 aromatic carbocycles. The molecular formula is C11H17NO5. The average molecular weight is 243 g/mol. The molecule has 1 heterocycles. The Bertz CT molecular complexity index is 313. The minimum Gasteiger partial charge on any atom is -0.350 e. The maximum absolute atomic E-state index is 11.8. The van der Waals surface area contributed by atoms with Gasteiger partial charge in [0.1, 0.15) is 0 Å². The standard InChI is InChI=1S/C11H17NO5/c13-9-3-1-2-5-11(9,12(14)15)6-4-10-16-7-8-17-10/h10H,1-8H2/t11-/m0/s1. The highest BCUT2D eigenvalue weighted by Gasteiger charge is 2.51. The van der Waals surface area contributed by atoms with E-state index in [9.17, 15) is 14.9 Å². The fraction of sp³-hybridized carbons (Fsp3) is 0.909. The van der Waals surface area contributed by atoms with Crippen LogP contribution in [-0.4, -0.2) is 35.7 Å². The SMILES string of the molecule is O=C1CCCC[C@@]1(CCC1OCCO1)[N+](=O)[O-]. The molecule has 1 aliphatic heterocycles. The van der Waals surface area contributed by atoms with Crippen molar-refractivity contribution >= 4 is 5.78 Å². The number of ether oxygens (including phenoxy) is 2. The Kier molecular flexibility index (Phi) is 3.73. The predicted octanol–water partition coefficient (Wildman–Crippen LogP) is 1.30. The van der Waals surface area contributed by atoms with Gasteiger partial charge in [-0.05, 0) is 12.8 Å². The van der Waals surface area contributed by atoms with E-state index in [1.807, 2.05) is 0 Å². The van der Waals surface area contributed by atoms with Crippen LogP contribution in [0.3, 0.4) is 0 Å². The monoisotopic (exact) mass is 243 g/mol. The number of nitro groups is 1. The van der Waals surface area contributed by atoms with Gasteiger partial charge in [0.25, 0.3) is 5.54 Å². The Morgan fingerprint density at radius 2 is 2.06 bits per heavy atom. The van der Waals surface area contributed by atoms with Gasteiger partial charge in [0.15, 0.2) is 6.29 Å². The summed E-state index contributed by atoms with van der Waals surface area (Å²) in [5.74, 6) is -0.230. The Hall–Kier alpha value is -1.01. The molecule has 0 bridgehead atoms. The molecule has 1 atom stereocenters. The summed E-state index contributed by atoms with van der Waals surface area (Å²) in [6.07, 6.45) is 2.47. The molecule has 2 fully saturated rings. The molecule has 0 amide bonds. The normalized spacial score (nSPS) is 30.7. The lowest BCUT2D eigenvalue weighted by molar-refractivity contribution is -0.556. The molecule has 0 aromatic rings. The second kappa shape index (κ2) is 5.10. The van der Waals surface area contributed by atoms with Gasteiger partial charge in [-0.2, -0.15) is 0 Å². The molecule has 6 heteroatoms. The van der Waals surface area contributed by atoms with E-state index < -0.39 is 10.5 Å². The first kappa shape index (κ1) is 12.4. The fourth-order valence-corrected chi connectivity index (χ4v) is 2.55. The summed E-state index contributed by atoms with van der Waals surface area (Å²) < 4.78 is 10.5. The highest BCUT2D eigenvalue weighted by atomic mass is 16.7. The van der Waals surface area contributed by atoms with Crippen molar-refractivity contribution in [2.45, 2.75) is 50.4 Å². The molecule has 0 spiro atoms. The predicted molar refractivity (Wildman–Crippen MR) is 58.1 cm³/mol. The zero-order valence-electron chi connectivity index (χ0n) is 9.72. The van der Waals surface area contributed by atoms with Crippen LogP contribution in [0.5, 0.6) is 0 Å². The van der Waals surface area contributed by atoms with Crippen LogP contribution >= 0.6 is 0 Å². The quantitative estimate of drug-likeness (QED) is 0.549. The zero-order chi connectivity index (χ0) is 12.3. The molecule has 1 saturated heterocycles. The molecule has 0 N–H and O–H groups in total. The average Bonchev–Trinajstić information content (AvgIpc) is 2.81. The van der Waals surface area contributed by atoms with E-state index in [0.717, 1.165) is 12.8 Å². The van der Waals surface area contributed by atoms with Gasteiger partial charge < -0.3 is 9.47 Å². The van der Waals surface area contributed by atoms with E-state index in [-0.39, 0.29) is 18.5 Å². The summed E-state index contributed by atoms with van der Waals surface area (Å²) in [6.45, 7) is 1.06. The highest BCUT2D eigenvalue weighted by molar-refractivity contribution is 5.87. The fourth-order valence-electron chi connectivity index (χ4n) is 2.55. The number of carbonyl (C=O) groups is 1. The maximum Gasteiger partial charge on any atom is 0.279 e. The van der Waals surface area contributed by atoms with E-state index in [4.69, 9.17) is 9.47 Å². The molecular weight excluding hydrogens is 226 g/mol. The van der Waals surface area contributed by atoms with Crippen molar-refractivity contribution < 1.29 is 19.2 Å². The minimum atomic E-state index is -1.38. The lowest BCUT2D eigenvalue weighted by atomic mass is 9.78. The van der Waals surface area contributed by atoms with Crippen LogP contribution in [-0.2, 0) is 14.3 Å². The summed E-state index contributed by atoms with van der Waals surface area (Å²) in [4.78, 5) is 22.6. The summed E-state index contributed by atoms with van der Waals surface area (Å²) in [5, 5.41) is 11.2. The van der Waals surface area contributed by atoms with Gasteiger partial charge in [-0.15, -0.1) is 0 Å². The first-order chi connectivity index (χ1) is 8.15. The molecule has 0 unspecified atom stereocenters. The van der Waals surface area contributed by atoms with Gasteiger partial charge in [-0.1, -0.05) is 0 Å². The molecule has 1 saturated carbocycles. The molecule has 96 valence electrons. The van der Waals surface area contributed by atoms with Crippen molar-refractivity contribution in [3.63, 3.8) is 0 Å². The third kappa shape index (κ3) is 2.47. The van der Waals surface area contributed by atoms with Gasteiger partial charge in [0.05, 0.1) is 13.2 Å². The molecule has 2 aliphatic rings. The van der Waals surface area contributed by atoms with E-state index in [0.29, 0.717) is 32.5 Å². The van der Waals surface area contributed by atoms with Gasteiger partial charge in [-0.3, -0.25) is 14.9 Å². The van der Waals surface area contributed by atoms with E-state index in [1.54, 1.807) is 0 Å². The molecule has 17 heavy (non-hydrogen) atoms. The third-order valence-electron chi connectivity index (χ3n) is 3.60. The minimum absolute atomic E-state index is 0.226. The number of carbonyl (C=O) groups excluding carboxylic acids is 1. The maximum atomic E-state index is 11.8. The summed E-state index contributed by atoms with van der Waals surface area (Å²) in [7, 11) is 0. The molecule has 0 aromatic heterocycles. The smallest absolute Gasteiger partial charge is 0.279 e. The summed E-state index contributed by atoms with van der Waals surface area (Å²) in [6, 6.07) is 0. The van der Waals surface area contributed by atoms with Gasteiger partial charge in [0.2, 0.25) is 5.78 Å². The third-order valence-corrected chi connectivity index (χ3v) is 3.60. The van der Waals surface area contributed by atoms with E-state index in [2.05, 4.69) is 0 Å². The number of rotatable bonds is 4. The number of hydrogen-bond acceptors (Lipinski definition) is 5. The van der Waals surface area contributed by atoms with Gasteiger partial charge >= 0.3 is 0 Å². The first-order valence-electron chi connectivity index (χ1n) is 6.06. The van der Waals surface area contributed by atoms with Crippen LogP contribution in [0.25, 0.3) is 0 Å². The van der Waals surface area contributed by atoms with Crippen LogP contribution < -0.4 is 0 Å². The molecule has 2 rings (SSSR count). The lowest BCUT2D eigenvalue weighted by Gasteiger charge is -2.28. The van der Waals surface area contributed by atoms with Crippen LogP contribution in [0.2, 0.25) is 0 Å². The number of hydrogen-bond donors (Lipinski definition) is 0. The molecule has 0 radical (unpaired) electrons. The first-order valence-corrected chi connectivity index (χ1v) is 6.06. The van der Waals surface area contributed by atoms with Crippen molar-refractivity contribution in [1.82, 2.24) is 0 Å². The zero-order valence-corrected chi connectivity index (χ0v) is 9.72. The van der Waals surface area contributed by atoms with Gasteiger partial charge in [-0.25, -0.2) is 0 Å². The Balaban J connectivity index is 2.00. The van der Waals surface area contributed by atoms with Crippen LogP contribution in [0, 0.1) is 10.1 Å². The Morgan fingerprint density at radius 1 is 1.35 bits per heavy atom. The van der Waals surface area contributed by atoms with Crippen molar-refractivity contribution in [3.8, 4) is 0 Å². The lowest BCUT2D eigenvalue weighted by Crippen LogP contribution is -2.48. The number of nitrogens with zero attached hydrogens (tertiary/aromatic N) is 1. The topological polar surface area (TPSA) is 78.7 Å². The van der Waals surface area contributed by atoms with E-state index in [1.165, 1.54) is 0 Å². The Labute approximate surface area is 99.4 Å². The number of Topliss-reactive ketones (excluding diaryl/α,β-unsaturated/α-hetero) is 1.